The molecule has 1 unspecified atom stereocenters. The number of carbonyl (C=O) groups is 1. The highest BCUT2D eigenvalue weighted by molar-refractivity contribution is 14.1. The number of benzene rings is 1. The number of halogens is 1. The molecule has 1 aromatic carbocycles. The maximum absolute atomic E-state index is 12.2. The predicted octanol–water partition coefficient (Wildman–Crippen LogP) is 1.47. The molecule has 0 bridgehead atoms. The molecule has 0 aromatic heterocycles. The van der Waals surface area contributed by atoms with Gasteiger partial charge in [-0.3, -0.25) is 4.79 Å². The SMILES string of the molecule is COC(C)CN1C(=O)c2ccc(I)cc2S1(=O)=O. The summed E-state index contributed by atoms with van der Waals surface area (Å²) in [5.41, 5.74) is 0.235. The van der Waals surface area contributed by atoms with Gasteiger partial charge < -0.3 is 4.74 Å². The number of hydrogen-bond donors (Lipinski definition) is 0. The van der Waals surface area contributed by atoms with Crippen molar-refractivity contribution in [3.8, 4) is 0 Å². The number of nitrogens with zero attached hydrogens (tertiary/aromatic N) is 1. The average molecular weight is 381 g/mol. The van der Waals surface area contributed by atoms with Crippen LogP contribution in [0.1, 0.15) is 17.3 Å². The summed E-state index contributed by atoms with van der Waals surface area (Å²) in [4.78, 5) is 12.1. The standard InChI is InChI=1S/C11H12INO4S/c1-7(17-2)6-13-11(14)9-4-3-8(12)5-10(9)18(13,15)16/h3-5,7H,6H2,1-2H3. The lowest BCUT2D eigenvalue weighted by Crippen LogP contribution is -2.36. The zero-order valence-corrected chi connectivity index (χ0v) is 12.9. The number of fused-ring (bicyclic) bond motifs is 1. The number of methoxy groups -OCH3 is 1. The molecule has 1 atom stereocenters. The van der Waals surface area contributed by atoms with E-state index in [9.17, 15) is 13.2 Å². The van der Waals surface area contributed by atoms with Crippen molar-refractivity contribution in [2.24, 2.45) is 0 Å². The van der Waals surface area contributed by atoms with Gasteiger partial charge in [0.25, 0.3) is 15.9 Å². The van der Waals surface area contributed by atoms with E-state index < -0.39 is 15.9 Å². The lowest BCUT2D eigenvalue weighted by molar-refractivity contribution is 0.0722. The molecule has 0 spiro atoms. The van der Waals surface area contributed by atoms with Gasteiger partial charge in [0.05, 0.1) is 18.2 Å². The highest BCUT2D eigenvalue weighted by atomic mass is 127. The van der Waals surface area contributed by atoms with Crippen LogP contribution in [0.5, 0.6) is 0 Å². The zero-order chi connectivity index (χ0) is 13.5. The Labute approximate surface area is 119 Å². The minimum Gasteiger partial charge on any atom is -0.380 e. The minimum absolute atomic E-state index is 0.0307. The number of hydrogen-bond acceptors (Lipinski definition) is 4. The second-order valence-corrected chi connectivity index (χ2v) is 7.10. The summed E-state index contributed by atoms with van der Waals surface area (Å²) in [5, 5.41) is 0. The molecular formula is C11H12INO4S. The Hall–Kier alpha value is -0.670. The zero-order valence-electron chi connectivity index (χ0n) is 9.88. The molecule has 0 N–H and O–H groups in total. The van der Waals surface area contributed by atoms with Crippen LogP contribution in [0.25, 0.3) is 0 Å². The monoisotopic (exact) mass is 381 g/mol. The van der Waals surface area contributed by atoms with E-state index in [1.54, 1.807) is 19.1 Å². The van der Waals surface area contributed by atoms with E-state index in [4.69, 9.17) is 4.74 Å². The third kappa shape index (κ3) is 2.14. The number of rotatable bonds is 3. The van der Waals surface area contributed by atoms with E-state index in [1.807, 2.05) is 22.6 Å². The molecule has 0 aliphatic carbocycles. The molecule has 2 rings (SSSR count). The molecule has 0 saturated carbocycles. The van der Waals surface area contributed by atoms with Crippen LogP contribution in [0.3, 0.4) is 0 Å². The van der Waals surface area contributed by atoms with Gasteiger partial charge in [0, 0.05) is 10.7 Å². The van der Waals surface area contributed by atoms with Crippen LogP contribution in [-0.4, -0.2) is 38.4 Å². The van der Waals surface area contributed by atoms with Crippen LogP contribution < -0.4 is 0 Å². The van der Waals surface area contributed by atoms with Crippen LogP contribution >= 0.6 is 22.6 Å². The van der Waals surface area contributed by atoms with Crippen LogP contribution in [0.4, 0.5) is 0 Å². The lowest BCUT2D eigenvalue weighted by atomic mass is 10.2. The van der Waals surface area contributed by atoms with Crippen LogP contribution in [0.2, 0.25) is 0 Å². The summed E-state index contributed by atoms with van der Waals surface area (Å²) in [6.45, 7) is 1.75. The molecule has 1 amide bonds. The fourth-order valence-corrected chi connectivity index (χ4v) is 4.11. The predicted molar refractivity (Wildman–Crippen MR) is 73.9 cm³/mol. The van der Waals surface area contributed by atoms with E-state index >= 15 is 0 Å². The third-order valence-corrected chi connectivity index (χ3v) is 5.25. The molecule has 1 heterocycles. The second kappa shape index (κ2) is 4.78. The smallest absolute Gasteiger partial charge is 0.269 e. The highest BCUT2D eigenvalue weighted by Gasteiger charge is 2.41. The number of sulfonamides is 1. The van der Waals surface area contributed by atoms with Crippen LogP contribution in [0, 0.1) is 3.57 Å². The Bertz CT molecular complexity index is 599. The number of amides is 1. The summed E-state index contributed by atoms with van der Waals surface area (Å²) in [5.74, 6) is -0.481. The molecule has 0 saturated heterocycles. The van der Waals surface area contributed by atoms with Gasteiger partial charge in [-0.1, -0.05) is 0 Å². The quantitative estimate of drug-likeness (QED) is 0.744. The van der Waals surface area contributed by atoms with Crippen molar-refractivity contribution in [2.75, 3.05) is 13.7 Å². The van der Waals surface area contributed by atoms with Gasteiger partial charge in [-0.05, 0) is 47.7 Å². The summed E-state index contributed by atoms with van der Waals surface area (Å²) in [7, 11) is -2.24. The average Bonchev–Trinajstić information content (AvgIpc) is 2.50. The molecular weight excluding hydrogens is 369 g/mol. The lowest BCUT2D eigenvalue weighted by Gasteiger charge is -2.18. The molecule has 1 aromatic rings. The Morgan fingerprint density at radius 2 is 2.11 bits per heavy atom. The van der Waals surface area contributed by atoms with Crippen molar-refractivity contribution in [1.29, 1.82) is 0 Å². The third-order valence-electron chi connectivity index (χ3n) is 2.79. The summed E-state index contributed by atoms with van der Waals surface area (Å²) in [6.07, 6.45) is -0.336. The second-order valence-electron chi connectivity index (χ2n) is 4.03. The maximum atomic E-state index is 12.2. The Morgan fingerprint density at radius 1 is 1.44 bits per heavy atom. The molecule has 0 radical (unpaired) electrons. The van der Waals surface area contributed by atoms with Crippen molar-refractivity contribution in [2.45, 2.75) is 17.9 Å². The van der Waals surface area contributed by atoms with E-state index in [0.717, 1.165) is 7.88 Å². The Morgan fingerprint density at radius 3 is 2.72 bits per heavy atom. The Balaban J connectivity index is 2.48. The molecule has 7 heteroatoms. The van der Waals surface area contributed by atoms with E-state index in [2.05, 4.69) is 0 Å². The fourth-order valence-electron chi connectivity index (χ4n) is 1.74. The minimum atomic E-state index is -3.72. The fraction of sp³-hybridized carbons (Fsp3) is 0.364. The van der Waals surface area contributed by atoms with Gasteiger partial charge in [-0.15, -0.1) is 0 Å². The van der Waals surface area contributed by atoms with Crippen molar-refractivity contribution < 1.29 is 17.9 Å². The highest BCUT2D eigenvalue weighted by Crippen LogP contribution is 2.31. The van der Waals surface area contributed by atoms with Gasteiger partial charge in [0.2, 0.25) is 0 Å². The van der Waals surface area contributed by atoms with Gasteiger partial charge in [-0.25, -0.2) is 12.7 Å². The first-order chi connectivity index (χ1) is 8.37. The molecule has 1 aliphatic heterocycles. The first-order valence-corrected chi connectivity index (χ1v) is 7.79. The number of ether oxygens (including phenoxy) is 1. The molecule has 5 nitrogen and oxygen atoms in total. The largest absolute Gasteiger partial charge is 0.380 e. The molecule has 0 fully saturated rings. The van der Waals surface area contributed by atoms with E-state index in [0.29, 0.717) is 0 Å². The molecule has 18 heavy (non-hydrogen) atoms. The van der Waals surface area contributed by atoms with Crippen LogP contribution in [0.15, 0.2) is 23.1 Å². The van der Waals surface area contributed by atoms with E-state index in [-0.39, 0.29) is 23.1 Å². The molecule has 98 valence electrons. The van der Waals surface area contributed by atoms with Gasteiger partial charge in [0.1, 0.15) is 4.90 Å². The van der Waals surface area contributed by atoms with Gasteiger partial charge in [0.15, 0.2) is 0 Å². The Kier molecular flexibility index (Phi) is 3.65. The van der Waals surface area contributed by atoms with Crippen molar-refractivity contribution in [1.82, 2.24) is 4.31 Å². The van der Waals surface area contributed by atoms with Crippen molar-refractivity contribution in [3.63, 3.8) is 0 Å². The first-order valence-electron chi connectivity index (χ1n) is 5.27. The number of carbonyl (C=O) groups excluding carboxylic acids is 1. The summed E-state index contributed by atoms with van der Waals surface area (Å²) in [6, 6.07) is 4.78. The van der Waals surface area contributed by atoms with E-state index in [1.165, 1.54) is 13.2 Å². The first kappa shape index (κ1) is 13.8. The summed E-state index contributed by atoms with van der Waals surface area (Å²) < 4.78 is 31.2. The van der Waals surface area contributed by atoms with Gasteiger partial charge >= 0.3 is 0 Å². The topological polar surface area (TPSA) is 63.7 Å². The van der Waals surface area contributed by atoms with Gasteiger partial charge in [-0.2, -0.15) is 0 Å². The van der Waals surface area contributed by atoms with Crippen LogP contribution in [-0.2, 0) is 14.8 Å². The van der Waals surface area contributed by atoms with Crippen molar-refractivity contribution >= 4 is 38.5 Å². The maximum Gasteiger partial charge on any atom is 0.269 e. The molecule has 1 aliphatic rings. The normalized spacial score (nSPS) is 18.8. The summed E-state index contributed by atoms with van der Waals surface area (Å²) >= 11 is 2.02. The van der Waals surface area contributed by atoms with Crippen molar-refractivity contribution in [3.05, 3.63) is 27.3 Å².